The second-order valence-corrected chi connectivity index (χ2v) is 5.57. The van der Waals surface area contributed by atoms with E-state index in [1.807, 2.05) is 12.1 Å². The molecule has 2 heterocycles. The zero-order chi connectivity index (χ0) is 13.4. The van der Waals surface area contributed by atoms with Crippen molar-refractivity contribution in [3.8, 4) is 16.5 Å². The molecule has 0 unspecified atom stereocenters. The molecule has 1 aromatic carbocycles. The molecule has 2 aromatic heterocycles. The molecular formula is C13H8BrNO3S. The van der Waals surface area contributed by atoms with Gasteiger partial charge >= 0.3 is 5.63 Å². The molecule has 0 bridgehead atoms. The van der Waals surface area contributed by atoms with Crippen LogP contribution in [0.1, 0.15) is 0 Å². The Morgan fingerprint density at radius 3 is 2.95 bits per heavy atom. The van der Waals surface area contributed by atoms with Crippen LogP contribution in [-0.2, 0) is 0 Å². The molecule has 0 aliphatic heterocycles. The van der Waals surface area contributed by atoms with Gasteiger partial charge in [-0.05, 0) is 24.3 Å². The van der Waals surface area contributed by atoms with Crippen molar-refractivity contribution in [2.75, 3.05) is 7.11 Å². The van der Waals surface area contributed by atoms with Gasteiger partial charge in [0.1, 0.15) is 5.58 Å². The Kier molecular flexibility index (Phi) is 3.12. The van der Waals surface area contributed by atoms with Gasteiger partial charge in [0.15, 0.2) is 0 Å². The second kappa shape index (κ2) is 4.79. The van der Waals surface area contributed by atoms with Gasteiger partial charge in [-0.15, -0.1) is 0 Å². The third-order valence-corrected chi connectivity index (χ3v) is 3.92. The van der Waals surface area contributed by atoms with Crippen LogP contribution in [0.2, 0.25) is 0 Å². The molecule has 6 heteroatoms. The minimum absolute atomic E-state index is 0.400. The summed E-state index contributed by atoms with van der Waals surface area (Å²) >= 11 is 4.73. The Morgan fingerprint density at radius 1 is 1.37 bits per heavy atom. The number of ether oxygens (including phenoxy) is 1. The average Bonchev–Trinajstić information content (AvgIpc) is 2.87. The molecule has 0 aliphatic carbocycles. The lowest BCUT2D eigenvalue weighted by atomic mass is 10.1. The maximum Gasteiger partial charge on any atom is 0.345 e. The van der Waals surface area contributed by atoms with E-state index in [0.29, 0.717) is 22.0 Å². The summed E-state index contributed by atoms with van der Waals surface area (Å²) in [6.07, 6.45) is 0. The Balaban J connectivity index is 2.23. The van der Waals surface area contributed by atoms with Gasteiger partial charge in [0.2, 0.25) is 0 Å². The summed E-state index contributed by atoms with van der Waals surface area (Å²) in [5.41, 5.74) is 1.16. The Bertz CT molecular complexity index is 809. The predicted molar refractivity (Wildman–Crippen MR) is 77.8 cm³/mol. The van der Waals surface area contributed by atoms with Gasteiger partial charge in [-0.1, -0.05) is 27.3 Å². The van der Waals surface area contributed by atoms with Crippen LogP contribution in [0.3, 0.4) is 0 Å². The summed E-state index contributed by atoms with van der Waals surface area (Å²) in [5, 5.41) is 3.13. The summed E-state index contributed by atoms with van der Waals surface area (Å²) in [6, 6.07) is 7.26. The van der Waals surface area contributed by atoms with Gasteiger partial charge in [0, 0.05) is 15.2 Å². The largest absolute Gasteiger partial charge is 0.473 e. The standard InChI is InChI=1S/C13H8BrNO3S/c1-17-13-15-10(6-19-13)9-5-7-4-8(14)2-3-11(7)18-12(9)16/h2-6H,1H3. The number of halogens is 1. The maximum absolute atomic E-state index is 12.0. The fourth-order valence-electron chi connectivity index (χ4n) is 1.75. The highest BCUT2D eigenvalue weighted by atomic mass is 79.9. The summed E-state index contributed by atoms with van der Waals surface area (Å²) in [5.74, 6) is 0. The van der Waals surface area contributed by atoms with Crippen LogP contribution >= 0.6 is 27.3 Å². The molecule has 0 aliphatic rings. The first-order chi connectivity index (χ1) is 9.17. The molecule has 4 nitrogen and oxygen atoms in total. The van der Waals surface area contributed by atoms with Crippen molar-refractivity contribution in [2.24, 2.45) is 0 Å². The fourth-order valence-corrected chi connectivity index (χ4v) is 2.77. The minimum atomic E-state index is -0.400. The molecule has 0 radical (unpaired) electrons. The molecule has 0 amide bonds. The highest BCUT2D eigenvalue weighted by molar-refractivity contribution is 9.10. The van der Waals surface area contributed by atoms with Crippen LogP contribution in [-0.4, -0.2) is 12.1 Å². The van der Waals surface area contributed by atoms with Gasteiger partial charge in [-0.3, -0.25) is 0 Å². The van der Waals surface area contributed by atoms with Crippen LogP contribution < -0.4 is 10.4 Å². The van der Waals surface area contributed by atoms with E-state index >= 15 is 0 Å². The zero-order valence-electron chi connectivity index (χ0n) is 9.84. The van der Waals surface area contributed by atoms with Gasteiger partial charge < -0.3 is 9.15 Å². The van der Waals surface area contributed by atoms with Gasteiger partial charge in [0.05, 0.1) is 18.4 Å². The Labute approximate surface area is 120 Å². The molecule has 0 saturated carbocycles. The highest BCUT2D eigenvalue weighted by Gasteiger charge is 2.11. The Hall–Kier alpha value is -1.66. The molecule has 3 rings (SSSR count). The van der Waals surface area contributed by atoms with E-state index in [-0.39, 0.29) is 0 Å². The average molecular weight is 338 g/mol. The van der Waals surface area contributed by atoms with Crippen molar-refractivity contribution >= 4 is 38.2 Å². The lowest BCUT2D eigenvalue weighted by Crippen LogP contribution is -2.02. The summed E-state index contributed by atoms with van der Waals surface area (Å²) in [4.78, 5) is 16.2. The molecular weight excluding hydrogens is 330 g/mol. The number of hydrogen-bond donors (Lipinski definition) is 0. The van der Waals surface area contributed by atoms with Crippen molar-refractivity contribution in [1.29, 1.82) is 0 Å². The number of aromatic nitrogens is 1. The van der Waals surface area contributed by atoms with E-state index < -0.39 is 5.63 Å². The molecule has 0 spiro atoms. The summed E-state index contributed by atoms with van der Waals surface area (Å²) in [6.45, 7) is 0. The number of rotatable bonds is 2. The van der Waals surface area contributed by atoms with E-state index in [0.717, 1.165) is 9.86 Å². The number of thiazole rings is 1. The minimum Gasteiger partial charge on any atom is -0.473 e. The van der Waals surface area contributed by atoms with E-state index in [9.17, 15) is 4.79 Å². The van der Waals surface area contributed by atoms with Crippen molar-refractivity contribution in [1.82, 2.24) is 4.98 Å². The number of hydrogen-bond acceptors (Lipinski definition) is 5. The smallest absolute Gasteiger partial charge is 0.345 e. The molecule has 96 valence electrons. The van der Waals surface area contributed by atoms with Crippen LogP contribution in [0.25, 0.3) is 22.2 Å². The number of nitrogens with zero attached hydrogens (tertiary/aromatic N) is 1. The van der Waals surface area contributed by atoms with Crippen molar-refractivity contribution < 1.29 is 9.15 Å². The highest BCUT2D eigenvalue weighted by Crippen LogP contribution is 2.27. The first-order valence-corrected chi connectivity index (χ1v) is 7.08. The third-order valence-electron chi connectivity index (χ3n) is 2.63. The van der Waals surface area contributed by atoms with Crippen LogP contribution in [0, 0.1) is 0 Å². The first kappa shape index (κ1) is 12.4. The second-order valence-electron chi connectivity index (χ2n) is 3.83. The van der Waals surface area contributed by atoms with Crippen molar-refractivity contribution in [3.05, 3.63) is 44.5 Å². The quantitative estimate of drug-likeness (QED) is 0.669. The number of methoxy groups -OCH3 is 1. The topological polar surface area (TPSA) is 52.3 Å². The van der Waals surface area contributed by atoms with E-state index in [2.05, 4.69) is 20.9 Å². The van der Waals surface area contributed by atoms with E-state index in [1.165, 1.54) is 11.3 Å². The lowest BCUT2D eigenvalue weighted by Gasteiger charge is -2.00. The summed E-state index contributed by atoms with van der Waals surface area (Å²) < 4.78 is 11.2. The monoisotopic (exact) mass is 337 g/mol. The lowest BCUT2D eigenvalue weighted by molar-refractivity contribution is 0.412. The fraction of sp³-hybridized carbons (Fsp3) is 0.0769. The van der Waals surface area contributed by atoms with Crippen molar-refractivity contribution in [3.63, 3.8) is 0 Å². The van der Waals surface area contributed by atoms with Crippen LogP contribution in [0.5, 0.6) is 5.19 Å². The van der Waals surface area contributed by atoms with E-state index in [1.54, 1.807) is 24.6 Å². The SMILES string of the molecule is COc1nc(-c2cc3cc(Br)ccc3oc2=O)cs1. The summed E-state index contributed by atoms with van der Waals surface area (Å²) in [7, 11) is 1.54. The molecule has 0 saturated heterocycles. The molecule has 3 aromatic rings. The molecule has 0 N–H and O–H groups in total. The van der Waals surface area contributed by atoms with Crippen LogP contribution in [0.4, 0.5) is 0 Å². The zero-order valence-corrected chi connectivity index (χ0v) is 12.2. The third kappa shape index (κ3) is 2.29. The molecule has 0 atom stereocenters. The number of benzene rings is 1. The van der Waals surface area contributed by atoms with Crippen molar-refractivity contribution in [2.45, 2.75) is 0 Å². The predicted octanol–water partition coefficient (Wildman–Crippen LogP) is 3.69. The Morgan fingerprint density at radius 2 is 2.21 bits per heavy atom. The van der Waals surface area contributed by atoms with Gasteiger partial charge in [-0.25, -0.2) is 9.78 Å². The maximum atomic E-state index is 12.0. The molecule has 19 heavy (non-hydrogen) atoms. The van der Waals surface area contributed by atoms with E-state index in [4.69, 9.17) is 9.15 Å². The normalized spacial score (nSPS) is 10.8. The molecule has 0 fully saturated rings. The van der Waals surface area contributed by atoms with Gasteiger partial charge in [0.25, 0.3) is 5.19 Å². The number of fused-ring (bicyclic) bond motifs is 1. The van der Waals surface area contributed by atoms with Gasteiger partial charge in [-0.2, -0.15) is 0 Å². The first-order valence-electron chi connectivity index (χ1n) is 5.40. The van der Waals surface area contributed by atoms with Crippen LogP contribution in [0.15, 0.2) is 43.3 Å².